The first-order valence-electron chi connectivity index (χ1n) is 11.0. The maximum Gasteiger partial charge on any atom is 0.257 e. The Morgan fingerprint density at radius 1 is 0.833 bits per heavy atom. The van der Waals surface area contributed by atoms with Gasteiger partial charge in [-0.2, -0.15) is 0 Å². The van der Waals surface area contributed by atoms with Crippen LogP contribution < -0.4 is 4.90 Å². The van der Waals surface area contributed by atoms with E-state index in [1.165, 1.54) is 30.9 Å². The number of carbonyl (C=O) groups excluding carboxylic acids is 1. The highest BCUT2D eigenvalue weighted by atomic mass is 35.5. The summed E-state index contributed by atoms with van der Waals surface area (Å²) >= 11 is 12.5. The normalized spacial score (nSPS) is 13.7. The summed E-state index contributed by atoms with van der Waals surface area (Å²) in [6.07, 6.45) is 7.54. The third-order valence-electron chi connectivity index (χ3n) is 5.86. The molecule has 0 radical (unpaired) electrons. The molecule has 0 unspecified atom stereocenters. The zero-order chi connectivity index (χ0) is 25.2. The molecular formula is C25H18Cl2F2N6O. The van der Waals surface area contributed by atoms with E-state index in [1.54, 1.807) is 23.2 Å². The quantitative estimate of drug-likeness (QED) is 0.366. The van der Waals surface area contributed by atoms with Crippen LogP contribution in [0.3, 0.4) is 0 Å². The predicted octanol–water partition coefficient (Wildman–Crippen LogP) is 5.15. The van der Waals surface area contributed by atoms with Gasteiger partial charge in [0.15, 0.2) is 0 Å². The van der Waals surface area contributed by atoms with Crippen molar-refractivity contribution in [3.63, 3.8) is 0 Å². The van der Waals surface area contributed by atoms with Crippen molar-refractivity contribution in [2.45, 2.75) is 0 Å². The fraction of sp³-hybridized carbons (Fsp3) is 0.160. The van der Waals surface area contributed by atoms with Crippen LogP contribution in [0.25, 0.3) is 22.5 Å². The minimum absolute atomic E-state index is 0.0992. The Kier molecular flexibility index (Phi) is 6.75. The Balaban J connectivity index is 1.45. The van der Waals surface area contributed by atoms with Gasteiger partial charge in [0.1, 0.15) is 23.1 Å². The van der Waals surface area contributed by atoms with Gasteiger partial charge in [-0.25, -0.2) is 18.7 Å². The van der Waals surface area contributed by atoms with Gasteiger partial charge in [0.05, 0.1) is 27.5 Å². The van der Waals surface area contributed by atoms with Crippen molar-refractivity contribution >= 4 is 34.9 Å². The highest BCUT2D eigenvalue weighted by Crippen LogP contribution is 2.35. The maximum atomic E-state index is 14.7. The molecule has 1 fully saturated rings. The number of rotatable bonds is 4. The first kappa shape index (κ1) is 24.0. The second kappa shape index (κ2) is 10.1. The van der Waals surface area contributed by atoms with Crippen LogP contribution in [0.5, 0.6) is 0 Å². The van der Waals surface area contributed by atoms with E-state index < -0.39 is 11.6 Å². The molecule has 0 atom stereocenters. The molecule has 4 heterocycles. The lowest BCUT2D eigenvalue weighted by Crippen LogP contribution is -2.49. The van der Waals surface area contributed by atoms with E-state index in [9.17, 15) is 13.6 Å². The van der Waals surface area contributed by atoms with Crippen LogP contribution in [-0.4, -0.2) is 56.9 Å². The van der Waals surface area contributed by atoms with E-state index in [-0.39, 0.29) is 17.2 Å². The van der Waals surface area contributed by atoms with Crippen LogP contribution in [0.15, 0.2) is 61.3 Å². The van der Waals surface area contributed by atoms with Crippen LogP contribution in [0.1, 0.15) is 10.4 Å². The third kappa shape index (κ3) is 4.72. The summed E-state index contributed by atoms with van der Waals surface area (Å²) in [4.78, 5) is 33.8. The molecule has 1 amide bonds. The second-order valence-corrected chi connectivity index (χ2v) is 8.85. The monoisotopic (exact) mass is 526 g/mol. The van der Waals surface area contributed by atoms with E-state index >= 15 is 0 Å². The SMILES string of the molecule is O=C(c1cnccc1Cl)N1CCN(c2cnc(-c3ccc(F)cc3F)c(-c3ccncc3Cl)n2)CC1. The Hall–Kier alpha value is -3.69. The predicted molar refractivity (Wildman–Crippen MR) is 133 cm³/mol. The lowest BCUT2D eigenvalue weighted by Gasteiger charge is -2.35. The lowest BCUT2D eigenvalue weighted by molar-refractivity contribution is 0.0746. The zero-order valence-corrected chi connectivity index (χ0v) is 20.2. The summed E-state index contributed by atoms with van der Waals surface area (Å²) in [6.45, 7) is 1.86. The summed E-state index contributed by atoms with van der Waals surface area (Å²) in [5, 5.41) is 0.669. The molecule has 1 aromatic carbocycles. The Labute approximate surface area is 215 Å². The molecule has 182 valence electrons. The van der Waals surface area contributed by atoms with E-state index in [2.05, 4.69) is 15.0 Å². The number of hydrogen-bond acceptors (Lipinski definition) is 6. The first-order valence-corrected chi connectivity index (χ1v) is 11.7. The van der Waals surface area contributed by atoms with Gasteiger partial charge in [-0.15, -0.1) is 0 Å². The number of benzene rings is 1. The van der Waals surface area contributed by atoms with Gasteiger partial charge in [-0.3, -0.25) is 14.8 Å². The molecule has 7 nitrogen and oxygen atoms in total. The molecule has 0 bridgehead atoms. The molecular weight excluding hydrogens is 509 g/mol. The van der Waals surface area contributed by atoms with Crippen LogP contribution in [0.4, 0.5) is 14.6 Å². The van der Waals surface area contributed by atoms with Crippen LogP contribution in [0, 0.1) is 11.6 Å². The average Bonchev–Trinajstić information content (AvgIpc) is 2.89. The summed E-state index contributed by atoms with van der Waals surface area (Å²) in [5.74, 6) is -1.10. The van der Waals surface area contributed by atoms with Crippen molar-refractivity contribution in [1.29, 1.82) is 0 Å². The van der Waals surface area contributed by atoms with Crippen LogP contribution >= 0.6 is 23.2 Å². The molecule has 3 aromatic heterocycles. The van der Waals surface area contributed by atoms with Gasteiger partial charge in [0, 0.05) is 68.2 Å². The summed E-state index contributed by atoms with van der Waals surface area (Å²) in [5.41, 5.74) is 1.53. The molecule has 4 aromatic rings. The molecule has 0 N–H and O–H groups in total. The van der Waals surface area contributed by atoms with Gasteiger partial charge in [-0.05, 0) is 24.3 Å². The summed E-state index contributed by atoms with van der Waals surface area (Å²) in [7, 11) is 0. The van der Waals surface area contributed by atoms with Gasteiger partial charge >= 0.3 is 0 Å². The number of amides is 1. The number of aromatic nitrogens is 4. The minimum Gasteiger partial charge on any atom is -0.352 e. The maximum absolute atomic E-state index is 14.7. The molecule has 1 saturated heterocycles. The molecule has 1 aliphatic heterocycles. The smallest absolute Gasteiger partial charge is 0.257 e. The number of nitrogens with zero attached hydrogens (tertiary/aromatic N) is 6. The fourth-order valence-electron chi connectivity index (χ4n) is 4.01. The number of piperazine rings is 1. The van der Waals surface area contributed by atoms with Crippen molar-refractivity contribution in [3.8, 4) is 22.5 Å². The van der Waals surface area contributed by atoms with Crippen molar-refractivity contribution in [2.75, 3.05) is 31.1 Å². The molecule has 36 heavy (non-hydrogen) atoms. The minimum atomic E-state index is -0.760. The number of hydrogen-bond donors (Lipinski definition) is 0. The molecule has 11 heteroatoms. The summed E-state index contributed by atoms with van der Waals surface area (Å²) < 4.78 is 28.2. The second-order valence-electron chi connectivity index (χ2n) is 8.04. The van der Waals surface area contributed by atoms with E-state index in [0.717, 1.165) is 12.1 Å². The van der Waals surface area contributed by atoms with Crippen molar-refractivity contribution in [2.24, 2.45) is 0 Å². The lowest BCUT2D eigenvalue weighted by atomic mass is 10.0. The van der Waals surface area contributed by atoms with Crippen LogP contribution in [-0.2, 0) is 0 Å². The van der Waals surface area contributed by atoms with E-state index in [4.69, 9.17) is 28.2 Å². The molecule has 0 aliphatic carbocycles. The molecule has 0 spiro atoms. The standard InChI is InChI=1S/C25H18Cl2F2N6O/c26-19-4-6-30-12-18(19)25(36)35-9-7-34(8-10-35)22-14-32-23(17-2-1-15(28)11-21(17)29)24(33-22)16-3-5-31-13-20(16)27/h1-6,11-14H,7-10H2. The number of carbonyl (C=O) groups is 1. The first-order chi connectivity index (χ1) is 17.4. The third-order valence-corrected chi connectivity index (χ3v) is 6.49. The number of pyridine rings is 2. The Bertz CT molecular complexity index is 1450. The van der Waals surface area contributed by atoms with Gasteiger partial charge in [-0.1, -0.05) is 23.2 Å². The average molecular weight is 527 g/mol. The molecule has 0 saturated carbocycles. The van der Waals surface area contributed by atoms with Crippen molar-refractivity contribution in [3.05, 3.63) is 88.6 Å². The Morgan fingerprint density at radius 3 is 2.31 bits per heavy atom. The van der Waals surface area contributed by atoms with E-state index in [0.29, 0.717) is 58.9 Å². The van der Waals surface area contributed by atoms with Gasteiger partial charge in [0.25, 0.3) is 5.91 Å². The van der Waals surface area contributed by atoms with Crippen molar-refractivity contribution in [1.82, 2.24) is 24.8 Å². The van der Waals surface area contributed by atoms with Gasteiger partial charge in [0.2, 0.25) is 0 Å². The Morgan fingerprint density at radius 2 is 1.58 bits per heavy atom. The highest BCUT2D eigenvalue weighted by molar-refractivity contribution is 6.34. The fourth-order valence-corrected chi connectivity index (χ4v) is 4.40. The van der Waals surface area contributed by atoms with Crippen molar-refractivity contribution < 1.29 is 13.6 Å². The highest BCUT2D eigenvalue weighted by Gasteiger charge is 2.26. The van der Waals surface area contributed by atoms with Gasteiger partial charge < -0.3 is 9.80 Å². The summed E-state index contributed by atoms with van der Waals surface area (Å²) in [6, 6.07) is 6.53. The zero-order valence-electron chi connectivity index (χ0n) is 18.7. The molecule has 5 rings (SSSR count). The largest absolute Gasteiger partial charge is 0.352 e. The van der Waals surface area contributed by atoms with Crippen LogP contribution in [0.2, 0.25) is 10.0 Å². The number of anilines is 1. The topological polar surface area (TPSA) is 75.1 Å². The number of halogens is 4. The van der Waals surface area contributed by atoms with E-state index in [1.807, 2.05) is 4.90 Å². The molecule has 1 aliphatic rings.